The lowest BCUT2D eigenvalue weighted by Gasteiger charge is -2.34. The highest BCUT2D eigenvalue weighted by atomic mass is 79.9. The molecule has 0 unspecified atom stereocenters. The number of carbonyl (C=O) groups excluding carboxylic acids is 1. The van der Waals surface area contributed by atoms with E-state index in [9.17, 15) is 27.7 Å². The lowest BCUT2D eigenvalue weighted by atomic mass is 10.2. The van der Waals surface area contributed by atoms with Gasteiger partial charge in [0.25, 0.3) is 11.6 Å². The molecule has 0 atom stereocenters. The molecule has 0 aliphatic carbocycles. The molecular weight excluding hydrogens is 457 g/mol. The Bertz CT molecular complexity index is 1020. The summed E-state index contributed by atoms with van der Waals surface area (Å²) in [4.78, 5) is 24.0. The van der Waals surface area contributed by atoms with E-state index in [0.29, 0.717) is 4.47 Å². The number of nitrogens with zero attached hydrogens (tertiary/aromatic N) is 3. The van der Waals surface area contributed by atoms with E-state index in [1.807, 2.05) is 0 Å². The molecule has 0 aromatic heterocycles. The Hall–Kier alpha value is -2.37. The maximum absolute atomic E-state index is 13.5. The van der Waals surface area contributed by atoms with Crippen molar-refractivity contribution >= 4 is 37.5 Å². The minimum absolute atomic E-state index is 0.0350. The number of nitro benzene ring substituents is 1. The van der Waals surface area contributed by atoms with E-state index in [1.54, 1.807) is 0 Å². The Balaban J connectivity index is 1.73. The Labute approximate surface area is 168 Å². The minimum Gasteiger partial charge on any atom is -0.336 e. The second kappa shape index (κ2) is 7.94. The topological polar surface area (TPSA) is 101 Å². The van der Waals surface area contributed by atoms with E-state index in [1.165, 1.54) is 39.5 Å². The summed E-state index contributed by atoms with van der Waals surface area (Å²) >= 11 is 3.14. The standard InChI is InChI=1S/C17H15BrFN3O5S/c18-13-8-12(9-14(19)10-13)17(23)20-4-6-21(7-5-20)28(26,27)16-3-1-2-15(11-16)22(24)25/h1-3,8-11H,4-7H2. The maximum atomic E-state index is 13.5. The zero-order valence-corrected chi connectivity index (χ0v) is 16.8. The number of hydrogen-bond donors (Lipinski definition) is 0. The van der Waals surface area contributed by atoms with Gasteiger partial charge in [-0.15, -0.1) is 0 Å². The van der Waals surface area contributed by atoms with Crippen molar-refractivity contribution in [3.8, 4) is 0 Å². The van der Waals surface area contributed by atoms with Gasteiger partial charge in [0.05, 0.1) is 9.82 Å². The van der Waals surface area contributed by atoms with Gasteiger partial charge in [-0.05, 0) is 24.3 Å². The second-order valence-corrected chi connectivity index (χ2v) is 8.96. The number of carbonyl (C=O) groups is 1. The van der Waals surface area contributed by atoms with Gasteiger partial charge in [0.15, 0.2) is 0 Å². The smallest absolute Gasteiger partial charge is 0.270 e. The summed E-state index contributed by atoms with van der Waals surface area (Å²) < 4.78 is 40.6. The first kappa shape index (κ1) is 20.4. The molecule has 8 nitrogen and oxygen atoms in total. The molecule has 2 aromatic rings. The second-order valence-electron chi connectivity index (χ2n) is 6.11. The minimum atomic E-state index is -3.92. The number of hydrogen-bond acceptors (Lipinski definition) is 5. The van der Waals surface area contributed by atoms with Gasteiger partial charge in [-0.25, -0.2) is 12.8 Å². The molecule has 148 valence electrons. The van der Waals surface area contributed by atoms with Crippen LogP contribution < -0.4 is 0 Å². The van der Waals surface area contributed by atoms with Crippen LogP contribution in [-0.4, -0.2) is 54.6 Å². The quantitative estimate of drug-likeness (QED) is 0.503. The van der Waals surface area contributed by atoms with Gasteiger partial charge in [0.1, 0.15) is 5.82 Å². The van der Waals surface area contributed by atoms with Crippen LogP contribution >= 0.6 is 15.9 Å². The molecule has 11 heteroatoms. The van der Waals surface area contributed by atoms with Crippen molar-refractivity contribution in [1.82, 2.24) is 9.21 Å². The van der Waals surface area contributed by atoms with Crippen LogP contribution in [0, 0.1) is 15.9 Å². The van der Waals surface area contributed by atoms with E-state index in [4.69, 9.17) is 0 Å². The average Bonchev–Trinajstić information content (AvgIpc) is 2.67. The fraction of sp³-hybridized carbons (Fsp3) is 0.235. The number of sulfonamides is 1. The van der Waals surface area contributed by atoms with E-state index in [-0.39, 0.29) is 42.3 Å². The first-order valence-corrected chi connectivity index (χ1v) is 10.4. The van der Waals surface area contributed by atoms with Gasteiger partial charge in [0.2, 0.25) is 10.0 Å². The van der Waals surface area contributed by atoms with Crippen LogP contribution in [0.4, 0.5) is 10.1 Å². The Morgan fingerprint density at radius 1 is 1.11 bits per heavy atom. The van der Waals surface area contributed by atoms with Gasteiger partial charge in [0, 0.05) is 48.3 Å². The summed E-state index contributed by atoms with van der Waals surface area (Å²) in [6.45, 7) is 0.322. The molecule has 1 amide bonds. The van der Waals surface area contributed by atoms with Crippen LogP contribution in [0.3, 0.4) is 0 Å². The molecule has 0 N–H and O–H groups in total. The van der Waals surface area contributed by atoms with Crippen LogP contribution in [-0.2, 0) is 10.0 Å². The van der Waals surface area contributed by atoms with Crippen molar-refractivity contribution in [1.29, 1.82) is 0 Å². The molecule has 0 radical (unpaired) electrons. The maximum Gasteiger partial charge on any atom is 0.270 e. The summed E-state index contributed by atoms with van der Waals surface area (Å²) in [5.74, 6) is -0.947. The van der Waals surface area contributed by atoms with Crippen molar-refractivity contribution in [3.05, 3.63) is 68.4 Å². The molecule has 1 aliphatic heterocycles. The third kappa shape index (κ3) is 4.21. The number of nitro groups is 1. The zero-order chi connectivity index (χ0) is 20.5. The van der Waals surface area contributed by atoms with Crippen LogP contribution in [0.15, 0.2) is 51.8 Å². The van der Waals surface area contributed by atoms with Gasteiger partial charge in [-0.3, -0.25) is 14.9 Å². The fourth-order valence-corrected chi connectivity index (χ4v) is 4.83. The SMILES string of the molecule is O=C(c1cc(F)cc(Br)c1)N1CCN(S(=O)(=O)c2cccc([N+](=O)[O-])c2)CC1. The van der Waals surface area contributed by atoms with Gasteiger partial charge >= 0.3 is 0 Å². The van der Waals surface area contributed by atoms with Crippen LogP contribution in [0.1, 0.15) is 10.4 Å². The van der Waals surface area contributed by atoms with Crippen LogP contribution in [0.5, 0.6) is 0 Å². The van der Waals surface area contributed by atoms with Crippen LogP contribution in [0.2, 0.25) is 0 Å². The summed E-state index contributed by atoms with van der Waals surface area (Å²) in [5.41, 5.74) is -0.145. The molecule has 2 aromatic carbocycles. The summed E-state index contributed by atoms with van der Waals surface area (Å²) in [7, 11) is -3.92. The highest BCUT2D eigenvalue weighted by Gasteiger charge is 2.31. The lowest BCUT2D eigenvalue weighted by Crippen LogP contribution is -2.50. The van der Waals surface area contributed by atoms with E-state index in [0.717, 1.165) is 12.1 Å². The highest BCUT2D eigenvalue weighted by molar-refractivity contribution is 9.10. The zero-order valence-electron chi connectivity index (χ0n) is 14.4. The van der Waals surface area contributed by atoms with Crippen molar-refractivity contribution < 1.29 is 22.5 Å². The number of non-ortho nitro benzene ring substituents is 1. The largest absolute Gasteiger partial charge is 0.336 e. The van der Waals surface area contributed by atoms with Gasteiger partial charge < -0.3 is 4.90 Å². The number of piperazine rings is 1. The molecule has 1 fully saturated rings. The van der Waals surface area contributed by atoms with Crippen molar-refractivity contribution in [3.63, 3.8) is 0 Å². The van der Waals surface area contributed by atoms with Crippen molar-refractivity contribution in [2.24, 2.45) is 0 Å². The molecule has 1 aliphatic rings. The first-order chi connectivity index (χ1) is 13.2. The first-order valence-electron chi connectivity index (χ1n) is 8.18. The van der Waals surface area contributed by atoms with Gasteiger partial charge in [-0.2, -0.15) is 4.31 Å². The molecule has 0 spiro atoms. The molecule has 0 bridgehead atoms. The Morgan fingerprint density at radius 2 is 1.79 bits per heavy atom. The normalized spacial score (nSPS) is 15.4. The predicted molar refractivity (Wildman–Crippen MR) is 102 cm³/mol. The predicted octanol–water partition coefficient (Wildman–Crippen LogP) is 2.64. The van der Waals surface area contributed by atoms with Crippen molar-refractivity contribution in [2.45, 2.75) is 4.90 Å². The molecule has 3 rings (SSSR count). The number of rotatable bonds is 4. The summed E-state index contributed by atoms with van der Waals surface area (Å²) in [6.07, 6.45) is 0. The fourth-order valence-electron chi connectivity index (χ4n) is 2.90. The number of amides is 1. The number of benzene rings is 2. The third-order valence-electron chi connectivity index (χ3n) is 4.30. The van der Waals surface area contributed by atoms with Crippen molar-refractivity contribution in [2.75, 3.05) is 26.2 Å². The average molecular weight is 472 g/mol. The highest BCUT2D eigenvalue weighted by Crippen LogP contribution is 2.23. The number of halogens is 2. The lowest BCUT2D eigenvalue weighted by molar-refractivity contribution is -0.385. The molecular formula is C17H15BrFN3O5S. The van der Waals surface area contributed by atoms with Crippen LogP contribution in [0.25, 0.3) is 0 Å². The molecule has 28 heavy (non-hydrogen) atoms. The van der Waals surface area contributed by atoms with E-state index in [2.05, 4.69) is 15.9 Å². The Morgan fingerprint density at radius 3 is 2.39 bits per heavy atom. The van der Waals surface area contributed by atoms with E-state index < -0.39 is 26.7 Å². The molecule has 0 saturated carbocycles. The van der Waals surface area contributed by atoms with E-state index >= 15 is 0 Å². The third-order valence-corrected chi connectivity index (χ3v) is 6.65. The van der Waals surface area contributed by atoms with Gasteiger partial charge in [-0.1, -0.05) is 22.0 Å². The monoisotopic (exact) mass is 471 g/mol. The summed E-state index contributed by atoms with van der Waals surface area (Å²) in [6, 6.07) is 8.69. The molecule has 1 saturated heterocycles. The molecule has 1 heterocycles. The Kier molecular flexibility index (Phi) is 5.77. The summed E-state index contributed by atoms with van der Waals surface area (Å²) in [5, 5.41) is 10.9.